The summed E-state index contributed by atoms with van der Waals surface area (Å²) < 4.78 is 36.8. The minimum atomic E-state index is -3.55. The Morgan fingerprint density at radius 2 is 1.67 bits per heavy atom. The Hall–Kier alpha value is -2.79. The zero-order chi connectivity index (χ0) is 23.7. The normalized spacial score (nSPS) is 14.7. The third-order valence-corrected chi connectivity index (χ3v) is 7.13. The van der Waals surface area contributed by atoms with Gasteiger partial charge in [-0.3, -0.25) is 14.5 Å². The molecule has 1 amide bonds. The van der Waals surface area contributed by atoms with Gasteiger partial charge < -0.3 is 14.8 Å². The molecule has 2 aromatic rings. The molecule has 0 bridgehead atoms. The van der Waals surface area contributed by atoms with Crippen molar-refractivity contribution in [3.05, 3.63) is 65.7 Å². The molecule has 1 fully saturated rings. The highest BCUT2D eigenvalue weighted by Gasteiger charge is 2.26. The first-order valence-corrected chi connectivity index (χ1v) is 12.1. The summed E-state index contributed by atoms with van der Waals surface area (Å²) in [7, 11) is -2.24. The average Bonchev–Trinajstić information content (AvgIpc) is 2.84. The fraction of sp³-hybridized carbons (Fsp3) is 0.391. The lowest BCUT2D eigenvalue weighted by molar-refractivity contribution is -0.142. The largest absolute Gasteiger partial charge is 0.468 e. The molecule has 10 heteroatoms. The number of sulfonamides is 1. The highest BCUT2D eigenvalue weighted by Crippen LogP contribution is 2.17. The van der Waals surface area contributed by atoms with Crippen LogP contribution in [0.1, 0.15) is 11.1 Å². The third-order valence-electron chi connectivity index (χ3n) is 5.22. The molecule has 0 unspecified atom stereocenters. The first kappa shape index (κ1) is 24.8. The molecule has 0 atom stereocenters. The first-order chi connectivity index (χ1) is 15.9. The van der Waals surface area contributed by atoms with E-state index in [0.29, 0.717) is 32.8 Å². The van der Waals surface area contributed by atoms with Crippen molar-refractivity contribution in [2.45, 2.75) is 18.0 Å². The Balaban J connectivity index is 1.55. The van der Waals surface area contributed by atoms with Crippen LogP contribution in [-0.2, 0) is 42.2 Å². The standard InChI is InChI=1S/C23H29N3O6S/c1-31-23(28)18-25(16-20-5-3-2-4-6-20)17-22(27)24-15-19-7-9-21(10-8-19)33(29,30)26-11-13-32-14-12-26/h2-10H,11-18H2,1H3,(H,24,27). The summed E-state index contributed by atoms with van der Waals surface area (Å²) in [5.74, 6) is -0.671. The van der Waals surface area contributed by atoms with Crippen LogP contribution in [-0.4, -0.2) is 76.0 Å². The van der Waals surface area contributed by atoms with Crippen molar-refractivity contribution < 1.29 is 27.5 Å². The van der Waals surface area contributed by atoms with Gasteiger partial charge in [-0.1, -0.05) is 42.5 Å². The number of rotatable bonds is 10. The topological polar surface area (TPSA) is 105 Å². The number of carbonyl (C=O) groups is 2. The first-order valence-electron chi connectivity index (χ1n) is 10.6. The number of morpholine rings is 1. The minimum absolute atomic E-state index is 0.00703. The second kappa shape index (κ2) is 11.9. The summed E-state index contributed by atoms with van der Waals surface area (Å²) in [6.07, 6.45) is 0. The van der Waals surface area contributed by atoms with Crippen molar-refractivity contribution in [2.75, 3.05) is 46.5 Å². The number of nitrogens with one attached hydrogen (secondary N) is 1. The van der Waals surface area contributed by atoms with Crippen LogP contribution in [0.4, 0.5) is 0 Å². The molecule has 0 spiro atoms. The van der Waals surface area contributed by atoms with Gasteiger partial charge >= 0.3 is 5.97 Å². The van der Waals surface area contributed by atoms with E-state index in [1.54, 1.807) is 29.2 Å². The van der Waals surface area contributed by atoms with Crippen LogP contribution in [0.3, 0.4) is 0 Å². The predicted molar refractivity (Wildman–Crippen MR) is 122 cm³/mol. The summed E-state index contributed by atoms with van der Waals surface area (Å²) >= 11 is 0. The van der Waals surface area contributed by atoms with Gasteiger partial charge in [0.2, 0.25) is 15.9 Å². The van der Waals surface area contributed by atoms with Gasteiger partial charge in [-0.25, -0.2) is 8.42 Å². The Morgan fingerprint density at radius 3 is 2.30 bits per heavy atom. The molecule has 1 N–H and O–H groups in total. The van der Waals surface area contributed by atoms with Crippen molar-refractivity contribution in [2.24, 2.45) is 0 Å². The van der Waals surface area contributed by atoms with Gasteiger partial charge in [-0.2, -0.15) is 4.31 Å². The van der Waals surface area contributed by atoms with E-state index >= 15 is 0 Å². The van der Waals surface area contributed by atoms with Crippen molar-refractivity contribution in [3.8, 4) is 0 Å². The molecule has 178 valence electrons. The molecule has 0 aromatic heterocycles. The van der Waals surface area contributed by atoms with Crippen LogP contribution in [0.5, 0.6) is 0 Å². The number of carbonyl (C=O) groups excluding carboxylic acids is 2. The highest BCUT2D eigenvalue weighted by atomic mass is 32.2. The van der Waals surface area contributed by atoms with E-state index in [4.69, 9.17) is 9.47 Å². The molecule has 0 aliphatic carbocycles. The lowest BCUT2D eigenvalue weighted by Crippen LogP contribution is -2.40. The van der Waals surface area contributed by atoms with E-state index in [1.807, 2.05) is 30.3 Å². The Bertz CT molecular complexity index is 1020. The molecule has 1 saturated heterocycles. The van der Waals surface area contributed by atoms with Gasteiger partial charge in [-0.15, -0.1) is 0 Å². The number of benzene rings is 2. The Kier molecular flexibility index (Phi) is 8.95. The summed E-state index contributed by atoms with van der Waals surface area (Å²) in [6.45, 7) is 2.14. The fourth-order valence-electron chi connectivity index (χ4n) is 3.43. The maximum absolute atomic E-state index is 12.7. The smallest absolute Gasteiger partial charge is 0.319 e. The van der Waals surface area contributed by atoms with Crippen LogP contribution in [0, 0.1) is 0 Å². The van der Waals surface area contributed by atoms with Crippen molar-refractivity contribution in [1.82, 2.24) is 14.5 Å². The van der Waals surface area contributed by atoms with E-state index < -0.39 is 16.0 Å². The molecule has 1 aliphatic heterocycles. The quantitative estimate of drug-likeness (QED) is 0.511. The minimum Gasteiger partial charge on any atom is -0.468 e. The number of ether oxygens (including phenoxy) is 2. The summed E-state index contributed by atoms with van der Waals surface area (Å²) in [5, 5.41) is 2.82. The monoisotopic (exact) mass is 475 g/mol. The lowest BCUT2D eigenvalue weighted by Gasteiger charge is -2.26. The van der Waals surface area contributed by atoms with Gasteiger partial charge in [0.1, 0.15) is 0 Å². The van der Waals surface area contributed by atoms with E-state index in [0.717, 1.165) is 11.1 Å². The maximum Gasteiger partial charge on any atom is 0.319 e. The molecule has 1 heterocycles. The SMILES string of the molecule is COC(=O)CN(CC(=O)NCc1ccc(S(=O)(=O)N2CCOCC2)cc1)Cc1ccccc1. The van der Waals surface area contributed by atoms with E-state index in [9.17, 15) is 18.0 Å². The Morgan fingerprint density at radius 1 is 1.00 bits per heavy atom. The Labute approximate surface area is 194 Å². The third kappa shape index (κ3) is 7.36. The molecule has 1 aliphatic rings. The van der Waals surface area contributed by atoms with E-state index in [2.05, 4.69) is 5.32 Å². The zero-order valence-electron chi connectivity index (χ0n) is 18.6. The molecule has 0 radical (unpaired) electrons. The van der Waals surface area contributed by atoms with Gasteiger partial charge in [0.05, 0.1) is 38.3 Å². The number of amides is 1. The number of hydrogen-bond donors (Lipinski definition) is 1. The summed E-state index contributed by atoms with van der Waals surface area (Å²) in [6, 6.07) is 16.0. The number of esters is 1. The number of methoxy groups -OCH3 is 1. The van der Waals surface area contributed by atoms with Crippen molar-refractivity contribution in [3.63, 3.8) is 0 Å². The van der Waals surface area contributed by atoms with Crippen molar-refractivity contribution >= 4 is 21.9 Å². The second-order valence-corrected chi connectivity index (χ2v) is 9.58. The zero-order valence-corrected chi connectivity index (χ0v) is 19.4. The molecule has 9 nitrogen and oxygen atoms in total. The van der Waals surface area contributed by atoms with Crippen LogP contribution < -0.4 is 5.32 Å². The molecule has 3 rings (SSSR count). The van der Waals surface area contributed by atoms with Crippen molar-refractivity contribution in [1.29, 1.82) is 0 Å². The molecular formula is C23H29N3O6S. The van der Waals surface area contributed by atoms with Crippen LogP contribution in [0.25, 0.3) is 0 Å². The van der Waals surface area contributed by atoms with Gasteiger partial charge in [0, 0.05) is 26.2 Å². The predicted octanol–water partition coefficient (Wildman–Crippen LogP) is 0.999. The van der Waals surface area contributed by atoms with Gasteiger partial charge in [0.25, 0.3) is 0 Å². The second-order valence-electron chi connectivity index (χ2n) is 7.64. The average molecular weight is 476 g/mol. The fourth-order valence-corrected chi connectivity index (χ4v) is 4.84. The molecular weight excluding hydrogens is 446 g/mol. The number of nitrogens with zero attached hydrogens (tertiary/aromatic N) is 2. The number of hydrogen-bond acceptors (Lipinski definition) is 7. The van der Waals surface area contributed by atoms with Crippen LogP contribution >= 0.6 is 0 Å². The molecule has 0 saturated carbocycles. The van der Waals surface area contributed by atoms with E-state index in [-0.39, 0.29) is 30.4 Å². The highest BCUT2D eigenvalue weighted by molar-refractivity contribution is 7.89. The molecule has 2 aromatic carbocycles. The van der Waals surface area contributed by atoms with Crippen LogP contribution in [0.2, 0.25) is 0 Å². The van der Waals surface area contributed by atoms with Gasteiger partial charge in [0.15, 0.2) is 0 Å². The van der Waals surface area contributed by atoms with Gasteiger partial charge in [-0.05, 0) is 23.3 Å². The maximum atomic E-state index is 12.7. The summed E-state index contributed by atoms with van der Waals surface area (Å²) in [4.78, 5) is 26.2. The lowest BCUT2D eigenvalue weighted by atomic mass is 10.2. The molecule has 33 heavy (non-hydrogen) atoms. The summed E-state index contributed by atoms with van der Waals surface area (Å²) in [5.41, 5.74) is 1.75. The van der Waals surface area contributed by atoms with E-state index in [1.165, 1.54) is 11.4 Å². The van der Waals surface area contributed by atoms with Crippen LogP contribution in [0.15, 0.2) is 59.5 Å².